The Balaban J connectivity index is 1.37. The van der Waals surface area contributed by atoms with Gasteiger partial charge in [-0.05, 0) is 28.7 Å². The zero-order valence-electron chi connectivity index (χ0n) is 18.5. The van der Waals surface area contributed by atoms with Gasteiger partial charge in [0, 0.05) is 24.1 Å². The average molecular weight is 469 g/mol. The molecule has 2 amide bonds. The molecule has 0 unspecified atom stereocenters. The molecule has 2 N–H and O–H groups in total. The van der Waals surface area contributed by atoms with Gasteiger partial charge in [0.05, 0.1) is 5.88 Å². The highest BCUT2D eigenvalue weighted by Crippen LogP contribution is 2.44. The number of fused-ring (bicyclic) bond motifs is 3. The van der Waals surface area contributed by atoms with Crippen LogP contribution in [0.2, 0.25) is 0 Å². The van der Waals surface area contributed by atoms with E-state index in [2.05, 4.69) is 29.6 Å². The number of hydrogen-bond acceptors (Lipinski definition) is 5. The zero-order valence-corrected chi connectivity index (χ0v) is 19.3. The summed E-state index contributed by atoms with van der Waals surface area (Å²) >= 11 is 1.42. The van der Waals surface area contributed by atoms with E-state index < -0.39 is 24.1 Å². The number of carboxylic acid groups (broad SMARTS) is 1. The molecule has 1 saturated heterocycles. The molecule has 8 heteroatoms. The number of nitrogens with zero attached hydrogens (tertiary/aromatic N) is 1. The van der Waals surface area contributed by atoms with Crippen molar-refractivity contribution in [3.05, 3.63) is 59.7 Å². The number of rotatable bonds is 8. The predicted molar refractivity (Wildman–Crippen MR) is 127 cm³/mol. The molecule has 1 fully saturated rings. The first kappa shape index (κ1) is 23.2. The summed E-state index contributed by atoms with van der Waals surface area (Å²) < 4.78 is 5.61. The molecule has 174 valence electrons. The van der Waals surface area contributed by atoms with Crippen molar-refractivity contribution in [2.24, 2.45) is 0 Å². The molecule has 0 aromatic heterocycles. The molecule has 0 radical (unpaired) electrons. The summed E-state index contributed by atoms with van der Waals surface area (Å²) in [5, 5.41) is 12.2. The summed E-state index contributed by atoms with van der Waals surface area (Å²) in [7, 11) is 0. The summed E-state index contributed by atoms with van der Waals surface area (Å²) in [6, 6.07) is 15.1. The first-order valence-corrected chi connectivity index (χ1v) is 12.4. The van der Waals surface area contributed by atoms with Gasteiger partial charge in [0.1, 0.15) is 12.6 Å². The molecule has 33 heavy (non-hydrogen) atoms. The van der Waals surface area contributed by atoms with Gasteiger partial charge in [0.2, 0.25) is 5.91 Å². The number of carbonyl (C=O) groups is 3. The van der Waals surface area contributed by atoms with E-state index in [9.17, 15) is 19.5 Å². The van der Waals surface area contributed by atoms with Crippen molar-refractivity contribution in [1.29, 1.82) is 0 Å². The molecule has 2 aromatic rings. The molecule has 2 aromatic carbocycles. The fourth-order valence-electron chi connectivity index (χ4n) is 4.60. The maximum atomic E-state index is 12.7. The number of carbonyl (C=O) groups excluding carboxylic acids is 2. The Kier molecular flexibility index (Phi) is 7.23. The van der Waals surface area contributed by atoms with Gasteiger partial charge in [-0.3, -0.25) is 4.79 Å². The highest BCUT2D eigenvalue weighted by Gasteiger charge is 2.35. The van der Waals surface area contributed by atoms with Crippen LogP contribution in [-0.4, -0.2) is 58.3 Å². The highest BCUT2D eigenvalue weighted by atomic mass is 32.2. The number of benzene rings is 2. The normalized spacial score (nSPS) is 17.8. The van der Waals surface area contributed by atoms with Gasteiger partial charge >= 0.3 is 12.1 Å². The number of thioether (sulfide) groups is 1. The van der Waals surface area contributed by atoms with Crippen LogP contribution in [-0.2, 0) is 14.3 Å². The smallest absolute Gasteiger partial charge is 0.407 e. The quantitative estimate of drug-likeness (QED) is 0.606. The molecule has 1 heterocycles. The monoisotopic (exact) mass is 468 g/mol. The number of carboxylic acids is 1. The van der Waals surface area contributed by atoms with Gasteiger partial charge in [-0.1, -0.05) is 61.9 Å². The van der Waals surface area contributed by atoms with E-state index in [1.54, 1.807) is 0 Å². The predicted octanol–water partition coefficient (Wildman–Crippen LogP) is 4.07. The van der Waals surface area contributed by atoms with Crippen molar-refractivity contribution in [2.75, 3.05) is 18.2 Å². The summed E-state index contributed by atoms with van der Waals surface area (Å²) in [6.07, 6.45) is 0.879. The van der Waals surface area contributed by atoms with Gasteiger partial charge in [0.15, 0.2) is 0 Å². The summed E-state index contributed by atoms with van der Waals surface area (Å²) in [5.41, 5.74) is 4.59. The van der Waals surface area contributed by atoms with Crippen LogP contribution >= 0.6 is 11.8 Å². The largest absolute Gasteiger partial charge is 0.480 e. The van der Waals surface area contributed by atoms with Crippen LogP contribution in [0.25, 0.3) is 11.1 Å². The lowest BCUT2D eigenvalue weighted by atomic mass is 9.98. The van der Waals surface area contributed by atoms with E-state index in [0.717, 1.165) is 28.7 Å². The lowest BCUT2D eigenvalue weighted by molar-refractivity contribution is -0.148. The number of ether oxygens (including phenoxy) is 1. The maximum Gasteiger partial charge on any atom is 0.407 e. The van der Waals surface area contributed by atoms with Crippen LogP contribution in [0.3, 0.4) is 0 Å². The Labute approximate surface area is 197 Å². The molecule has 4 rings (SSSR count). The number of hydrogen-bond donors (Lipinski definition) is 2. The Morgan fingerprint density at radius 3 is 2.36 bits per heavy atom. The fraction of sp³-hybridized carbons (Fsp3) is 0.400. The van der Waals surface area contributed by atoms with Crippen molar-refractivity contribution in [3.8, 4) is 11.1 Å². The molecule has 0 spiro atoms. The molecule has 1 aliphatic heterocycles. The van der Waals surface area contributed by atoms with E-state index in [0.29, 0.717) is 18.1 Å². The number of aliphatic carboxylic acids is 1. The van der Waals surface area contributed by atoms with Gasteiger partial charge in [-0.2, -0.15) is 0 Å². The third-order valence-electron chi connectivity index (χ3n) is 6.21. The number of amides is 2. The van der Waals surface area contributed by atoms with E-state index in [1.807, 2.05) is 31.2 Å². The number of alkyl carbamates (subject to hydrolysis) is 1. The Morgan fingerprint density at radius 1 is 1.12 bits per heavy atom. The third kappa shape index (κ3) is 5.00. The SMILES string of the molecule is CCC[C@@H](CC(=O)N1CSC[C@H]1C(=O)O)NC(=O)OCC1c2ccccc2-c2ccccc21. The second kappa shape index (κ2) is 10.3. The lowest BCUT2D eigenvalue weighted by Gasteiger charge is -2.24. The van der Waals surface area contributed by atoms with Gasteiger partial charge in [-0.15, -0.1) is 11.8 Å². The van der Waals surface area contributed by atoms with Crippen LogP contribution in [0.4, 0.5) is 4.79 Å². The topological polar surface area (TPSA) is 95.9 Å². The fourth-order valence-corrected chi connectivity index (χ4v) is 5.77. The van der Waals surface area contributed by atoms with Crippen molar-refractivity contribution >= 4 is 29.7 Å². The summed E-state index contributed by atoms with van der Waals surface area (Å²) in [4.78, 5) is 38.1. The van der Waals surface area contributed by atoms with Crippen molar-refractivity contribution in [2.45, 2.75) is 44.2 Å². The molecular formula is C25H28N2O5S. The molecular weight excluding hydrogens is 440 g/mol. The van der Waals surface area contributed by atoms with Gasteiger partial charge in [-0.25, -0.2) is 9.59 Å². The van der Waals surface area contributed by atoms with E-state index in [1.165, 1.54) is 16.7 Å². The van der Waals surface area contributed by atoms with E-state index in [4.69, 9.17) is 4.74 Å². The van der Waals surface area contributed by atoms with Crippen LogP contribution in [0.15, 0.2) is 48.5 Å². The molecule has 7 nitrogen and oxygen atoms in total. The zero-order chi connectivity index (χ0) is 23.4. The summed E-state index contributed by atoms with van der Waals surface area (Å²) in [5.74, 6) is -0.541. The second-order valence-corrected chi connectivity index (χ2v) is 9.38. The maximum absolute atomic E-state index is 12.7. The lowest BCUT2D eigenvalue weighted by Crippen LogP contribution is -2.45. The molecule has 2 atom stereocenters. The summed E-state index contributed by atoms with van der Waals surface area (Å²) in [6.45, 7) is 2.18. The Bertz CT molecular complexity index is 997. The average Bonchev–Trinajstić information content (AvgIpc) is 3.42. The van der Waals surface area contributed by atoms with Crippen molar-refractivity contribution in [3.63, 3.8) is 0 Å². The molecule has 0 bridgehead atoms. The van der Waals surface area contributed by atoms with E-state index >= 15 is 0 Å². The van der Waals surface area contributed by atoms with Crippen LogP contribution in [0, 0.1) is 0 Å². The Morgan fingerprint density at radius 2 is 1.76 bits per heavy atom. The molecule has 0 saturated carbocycles. The van der Waals surface area contributed by atoms with Crippen molar-refractivity contribution in [1.82, 2.24) is 10.2 Å². The standard InChI is InChI=1S/C25H28N2O5S/c1-2-7-16(12-23(28)27-15-33-14-22(27)24(29)30)26-25(31)32-13-21-19-10-5-3-8-17(19)18-9-4-6-11-20(18)21/h3-6,8-11,16,21-22H,2,7,12-15H2,1H3,(H,26,31)(H,29,30)/t16-,22-/m0/s1. The second-order valence-electron chi connectivity index (χ2n) is 8.38. The van der Waals surface area contributed by atoms with Gasteiger partial charge < -0.3 is 20.1 Å². The minimum atomic E-state index is -0.995. The van der Waals surface area contributed by atoms with Crippen molar-refractivity contribution < 1.29 is 24.2 Å². The van der Waals surface area contributed by atoms with E-state index in [-0.39, 0.29) is 24.9 Å². The van der Waals surface area contributed by atoms with Crippen LogP contribution in [0.5, 0.6) is 0 Å². The van der Waals surface area contributed by atoms with Crippen LogP contribution < -0.4 is 5.32 Å². The third-order valence-corrected chi connectivity index (χ3v) is 7.22. The molecule has 2 aliphatic rings. The minimum Gasteiger partial charge on any atom is -0.480 e. The van der Waals surface area contributed by atoms with Crippen LogP contribution in [0.1, 0.15) is 43.2 Å². The minimum absolute atomic E-state index is 0.0349. The number of nitrogens with one attached hydrogen (secondary N) is 1. The Hall–Kier alpha value is -3.00. The van der Waals surface area contributed by atoms with Gasteiger partial charge in [0.25, 0.3) is 0 Å². The first-order valence-electron chi connectivity index (χ1n) is 11.2. The highest BCUT2D eigenvalue weighted by molar-refractivity contribution is 7.99. The molecule has 1 aliphatic carbocycles. The first-order chi connectivity index (χ1) is 16.0.